The van der Waals surface area contributed by atoms with Crippen molar-refractivity contribution in [3.05, 3.63) is 53.8 Å². The Labute approximate surface area is 183 Å². The third-order valence-corrected chi connectivity index (χ3v) is 7.33. The summed E-state index contributed by atoms with van der Waals surface area (Å²) in [6.45, 7) is 6.58. The summed E-state index contributed by atoms with van der Waals surface area (Å²) in [6.07, 6.45) is 3.75. The van der Waals surface area contributed by atoms with Gasteiger partial charge in [-0.2, -0.15) is 0 Å². The van der Waals surface area contributed by atoms with Gasteiger partial charge in [0.2, 0.25) is 10.0 Å². The minimum absolute atomic E-state index is 0.0987. The van der Waals surface area contributed by atoms with Gasteiger partial charge in [-0.3, -0.25) is 4.79 Å². The molecular formula is C23H30FN3O3S. The average Bonchev–Trinajstić information content (AvgIpc) is 2.74. The van der Waals surface area contributed by atoms with Crippen LogP contribution in [0.1, 0.15) is 56.8 Å². The summed E-state index contributed by atoms with van der Waals surface area (Å²) < 4.78 is 43.1. The number of hydrogen-bond donors (Lipinski definition) is 2. The Balaban J connectivity index is 1.99. The molecule has 31 heavy (non-hydrogen) atoms. The van der Waals surface area contributed by atoms with Crippen LogP contribution in [0.2, 0.25) is 0 Å². The van der Waals surface area contributed by atoms with Gasteiger partial charge in [-0.1, -0.05) is 19.1 Å². The molecule has 2 aromatic rings. The van der Waals surface area contributed by atoms with Gasteiger partial charge in [-0.15, -0.1) is 0 Å². The molecule has 0 unspecified atom stereocenters. The van der Waals surface area contributed by atoms with Gasteiger partial charge in [0.25, 0.3) is 5.91 Å². The zero-order chi connectivity index (χ0) is 22.6. The Kier molecular flexibility index (Phi) is 7.33. The van der Waals surface area contributed by atoms with Crippen LogP contribution in [-0.4, -0.2) is 33.0 Å². The van der Waals surface area contributed by atoms with E-state index in [2.05, 4.69) is 21.9 Å². The van der Waals surface area contributed by atoms with Crippen LogP contribution in [0.4, 0.5) is 15.8 Å². The molecule has 0 saturated carbocycles. The number of nitrogens with one attached hydrogen (secondary N) is 2. The van der Waals surface area contributed by atoms with Crippen molar-refractivity contribution < 1.29 is 17.6 Å². The Morgan fingerprint density at radius 2 is 1.97 bits per heavy atom. The molecule has 0 radical (unpaired) electrons. The SMILES string of the molecule is CC[C@H](C)NS(=O)(=O)c1cc(NC(=O)c2ccccc2F)ccc1N1CCCC[C@@H]1C. The molecule has 1 heterocycles. The third-order valence-electron chi connectivity index (χ3n) is 5.71. The van der Waals surface area contributed by atoms with Crippen LogP contribution in [-0.2, 0) is 10.0 Å². The highest BCUT2D eigenvalue weighted by atomic mass is 32.2. The molecule has 0 bridgehead atoms. The number of amides is 1. The Morgan fingerprint density at radius 1 is 1.23 bits per heavy atom. The van der Waals surface area contributed by atoms with E-state index in [1.807, 2.05) is 13.8 Å². The van der Waals surface area contributed by atoms with Crippen LogP contribution in [0, 0.1) is 5.82 Å². The Bertz CT molecular complexity index is 1040. The fraction of sp³-hybridized carbons (Fsp3) is 0.435. The zero-order valence-electron chi connectivity index (χ0n) is 18.2. The molecule has 168 valence electrons. The van der Waals surface area contributed by atoms with E-state index in [0.717, 1.165) is 25.8 Å². The first-order valence-electron chi connectivity index (χ1n) is 10.7. The molecule has 1 aliphatic heterocycles. The van der Waals surface area contributed by atoms with Gasteiger partial charge >= 0.3 is 0 Å². The number of carbonyl (C=O) groups is 1. The molecule has 1 amide bonds. The predicted octanol–water partition coefficient (Wildman–Crippen LogP) is 4.53. The quantitative estimate of drug-likeness (QED) is 0.654. The molecular weight excluding hydrogens is 417 g/mol. The van der Waals surface area contributed by atoms with Crippen molar-refractivity contribution in [2.75, 3.05) is 16.8 Å². The van der Waals surface area contributed by atoms with Crippen molar-refractivity contribution in [3.8, 4) is 0 Å². The van der Waals surface area contributed by atoms with Gasteiger partial charge in [0.15, 0.2) is 0 Å². The second-order valence-corrected chi connectivity index (χ2v) is 9.77. The Morgan fingerprint density at radius 3 is 2.65 bits per heavy atom. The molecule has 2 aromatic carbocycles. The van der Waals surface area contributed by atoms with Gasteiger partial charge in [-0.05, 0) is 69.9 Å². The van der Waals surface area contributed by atoms with Gasteiger partial charge in [0, 0.05) is 24.3 Å². The fourth-order valence-corrected chi connectivity index (χ4v) is 5.32. The van der Waals surface area contributed by atoms with Gasteiger partial charge in [0.1, 0.15) is 10.7 Å². The van der Waals surface area contributed by atoms with E-state index in [9.17, 15) is 17.6 Å². The summed E-state index contributed by atoms with van der Waals surface area (Å²) in [5.74, 6) is -1.26. The summed E-state index contributed by atoms with van der Waals surface area (Å²) in [4.78, 5) is 14.8. The minimum Gasteiger partial charge on any atom is -0.368 e. The monoisotopic (exact) mass is 447 g/mol. The smallest absolute Gasteiger partial charge is 0.258 e. The molecule has 1 aliphatic rings. The van der Waals surface area contributed by atoms with Crippen molar-refractivity contribution in [1.82, 2.24) is 4.72 Å². The first-order valence-corrected chi connectivity index (χ1v) is 12.2. The second-order valence-electron chi connectivity index (χ2n) is 8.09. The maximum Gasteiger partial charge on any atom is 0.258 e. The lowest BCUT2D eigenvalue weighted by atomic mass is 10.0. The van der Waals surface area contributed by atoms with Crippen molar-refractivity contribution in [2.45, 2.75) is 63.4 Å². The van der Waals surface area contributed by atoms with Crippen LogP contribution in [0.15, 0.2) is 47.4 Å². The van der Waals surface area contributed by atoms with Crippen LogP contribution < -0.4 is 14.9 Å². The number of sulfonamides is 1. The number of nitrogens with zero attached hydrogens (tertiary/aromatic N) is 1. The molecule has 1 fully saturated rings. The maximum atomic E-state index is 14.0. The van der Waals surface area contributed by atoms with E-state index in [1.54, 1.807) is 18.2 Å². The molecule has 0 aliphatic carbocycles. The average molecular weight is 448 g/mol. The van der Waals surface area contributed by atoms with Gasteiger partial charge < -0.3 is 10.2 Å². The summed E-state index contributed by atoms with van der Waals surface area (Å²) in [5.41, 5.74) is 0.816. The molecule has 0 spiro atoms. The minimum atomic E-state index is -3.82. The maximum absolute atomic E-state index is 14.0. The first-order chi connectivity index (χ1) is 14.7. The molecule has 6 nitrogen and oxygen atoms in total. The number of piperidine rings is 1. The zero-order valence-corrected chi connectivity index (χ0v) is 19.0. The lowest BCUT2D eigenvalue weighted by Crippen LogP contribution is -2.39. The molecule has 3 rings (SSSR count). The fourth-order valence-electron chi connectivity index (χ4n) is 3.76. The number of benzene rings is 2. The van der Waals surface area contributed by atoms with E-state index >= 15 is 0 Å². The highest BCUT2D eigenvalue weighted by Crippen LogP contribution is 2.33. The van der Waals surface area contributed by atoms with Crippen LogP contribution in [0.3, 0.4) is 0 Å². The van der Waals surface area contributed by atoms with Gasteiger partial charge in [0.05, 0.1) is 11.3 Å². The highest BCUT2D eigenvalue weighted by molar-refractivity contribution is 7.89. The van der Waals surface area contributed by atoms with Crippen molar-refractivity contribution in [1.29, 1.82) is 0 Å². The van der Waals surface area contributed by atoms with E-state index in [4.69, 9.17) is 0 Å². The Hall–Kier alpha value is -2.45. The highest BCUT2D eigenvalue weighted by Gasteiger charge is 2.28. The molecule has 2 N–H and O–H groups in total. The van der Waals surface area contributed by atoms with Crippen LogP contribution in [0.25, 0.3) is 0 Å². The van der Waals surface area contributed by atoms with Crippen LogP contribution >= 0.6 is 0 Å². The van der Waals surface area contributed by atoms with Gasteiger partial charge in [-0.25, -0.2) is 17.5 Å². The summed E-state index contributed by atoms with van der Waals surface area (Å²) >= 11 is 0. The summed E-state index contributed by atoms with van der Waals surface area (Å²) in [6, 6.07) is 10.5. The summed E-state index contributed by atoms with van der Waals surface area (Å²) in [7, 11) is -3.82. The number of rotatable bonds is 7. The normalized spacial score (nSPS) is 17.9. The first kappa shape index (κ1) is 23.2. The van der Waals surface area contributed by atoms with E-state index in [-0.39, 0.29) is 22.5 Å². The summed E-state index contributed by atoms with van der Waals surface area (Å²) in [5, 5.41) is 2.63. The number of halogens is 1. The molecule has 2 atom stereocenters. The van der Waals surface area contributed by atoms with E-state index in [1.165, 1.54) is 24.3 Å². The van der Waals surface area contributed by atoms with Crippen LogP contribution in [0.5, 0.6) is 0 Å². The lowest BCUT2D eigenvalue weighted by Gasteiger charge is -2.36. The van der Waals surface area contributed by atoms with Crippen molar-refractivity contribution in [2.24, 2.45) is 0 Å². The molecule has 0 aromatic heterocycles. The predicted molar refractivity (Wildman–Crippen MR) is 122 cm³/mol. The second kappa shape index (κ2) is 9.78. The number of hydrogen-bond acceptors (Lipinski definition) is 4. The number of carbonyl (C=O) groups excluding carboxylic acids is 1. The number of anilines is 2. The lowest BCUT2D eigenvalue weighted by molar-refractivity contribution is 0.102. The molecule has 1 saturated heterocycles. The molecule has 8 heteroatoms. The van der Waals surface area contributed by atoms with E-state index < -0.39 is 21.7 Å². The third kappa shape index (κ3) is 5.43. The van der Waals surface area contributed by atoms with Crippen molar-refractivity contribution in [3.63, 3.8) is 0 Å². The standard InChI is InChI=1S/C23H30FN3O3S/c1-4-16(2)26-31(29,30)22-15-18(25-23(28)19-10-5-6-11-20(19)24)12-13-21(22)27-14-8-7-9-17(27)3/h5-6,10-13,15-17,26H,4,7-9,14H2,1-3H3,(H,25,28)/t16-,17-/m0/s1. The largest absolute Gasteiger partial charge is 0.368 e. The topological polar surface area (TPSA) is 78.5 Å². The van der Waals surface area contributed by atoms with E-state index in [0.29, 0.717) is 17.8 Å². The van der Waals surface area contributed by atoms with Crippen molar-refractivity contribution >= 4 is 27.3 Å².